The molecule has 1 aliphatic rings. The van der Waals surface area contributed by atoms with Gasteiger partial charge in [-0.1, -0.05) is 35.9 Å². The van der Waals surface area contributed by atoms with Crippen molar-refractivity contribution in [3.05, 3.63) is 76.3 Å². The van der Waals surface area contributed by atoms with Gasteiger partial charge in [0.05, 0.1) is 17.8 Å². The summed E-state index contributed by atoms with van der Waals surface area (Å²) in [7, 11) is -1.10. The average Bonchev–Trinajstić information content (AvgIpc) is 2.73. The summed E-state index contributed by atoms with van der Waals surface area (Å²) in [5.74, 6) is -1.85. The first-order chi connectivity index (χ1) is 15.2. The summed E-state index contributed by atoms with van der Waals surface area (Å²) in [6, 6.07) is 12.2. The number of hydrogen-bond donors (Lipinski definition) is 1. The fraction of sp³-hybridized carbons (Fsp3) is 0.217. The lowest BCUT2D eigenvalue weighted by Gasteiger charge is -2.21. The number of hydrogen-bond acceptors (Lipinski definition) is 4. The number of methoxy groups -OCH3 is 1. The van der Waals surface area contributed by atoms with Crippen molar-refractivity contribution in [1.82, 2.24) is 4.90 Å². The van der Waals surface area contributed by atoms with Gasteiger partial charge in [-0.05, 0) is 48.4 Å². The van der Waals surface area contributed by atoms with Gasteiger partial charge in [-0.25, -0.2) is 17.2 Å². The predicted molar refractivity (Wildman–Crippen MR) is 121 cm³/mol. The number of sulfonamides is 1. The maximum Gasteiger partial charge on any atom is 0.265 e. The Morgan fingerprint density at radius 1 is 1.06 bits per heavy atom. The molecule has 0 spiro atoms. The summed E-state index contributed by atoms with van der Waals surface area (Å²) in [6.45, 7) is 1.04. The molecule has 9 heteroatoms. The Morgan fingerprint density at radius 2 is 1.81 bits per heavy atom. The molecule has 168 valence electrons. The third-order valence-corrected chi connectivity index (χ3v) is 7.04. The van der Waals surface area contributed by atoms with Crippen LogP contribution in [0.25, 0.3) is 11.1 Å². The van der Waals surface area contributed by atoms with Crippen LogP contribution >= 0.6 is 11.6 Å². The van der Waals surface area contributed by atoms with E-state index in [1.54, 1.807) is 18.2 Å². The van der Waals surface area contributed by atoms with Gasteiger partial charge in [0.15, 0.2) is 5.75 Å². The van der Waals surface area contributed by atoms with E-state index in [2.05, 4.69) is 4.72 Å². The van der Waals surface area contributed by atoms with Gasteiger partial charge < -0.3 is 9.64 Å². The molecule has 0 fully saturated rings. The fourth-order valence-corrected chi connectivity index (χ4v) is 5.52. The molecule has 1 aliphatic heterocycles. The SMILES string of the molecule is COc1c(Cl)cc2cc1S(=O)(=O)Nc1cc(c(F)cc1F)-c1ccccc1CCN(C)C2. The van der Waals surface area contributed by atoms with Crippen molar-refractivity contribution in [3.63, 3.8) is 0 Å². The standard InChI is InChI=1S/C23H21ClF2N2O3S/c1-28-8-7-15-5-3-4-6-16(15)17-11-21(20(26)12-19(17)25)27-32(29,30)22-10-14(13-28)9-18(24)23(22)31-2/h3-6,9-12,27H,7-8,13H2,1-2H3. The molecule has 0 unspecified atom stereocenters. The summed E-state index contributed by atoms with van der Waals surface area (Å²) in [6.07, 6.45) is 0.612. The molecule has 0 saturated heterocycles. The van der Waals surface area contributed by atoms with Gasteiger partial charge in [-0.3, -0.25) is 4.72 Å². The highest BCUT2D eigenvalue weighted by Crippen LogP contribution is 2.37. The molecule has 4 rings (SSSR count). The Labute approximate surface area is 190 Å². The molecule has 0 aromatic heterocycles. The molecule has 1 heterocycles. The largest absolute Gasteiger partial charge is 0.494 e. The number of anilines is 1. The second kappa shape index (κ2) is 8.69. The van der Waals surface area contributed by atoms with Crippen LogP contribution in [0.15, 0.2) is 53.4 Å². The van der Waals surface area contributed by atoms with Crippen molar-refractivity contribution in [2.45, 2.75) is 17.9 Å². The normalized spacial score (nSPS) is 15.9. The van der Waals surface area contributed by atoms with Crippen LogP contribution in [0.4, 0.5) is 14.5 Å². The van der Waals surface area contributed by atoms with Crippen LogP contribution in [-0.4, -0.2) is 34.0 Å². The van der Waals surface area contributed by atoms with E-state index in [0.29, 0.717) is 36.7 Å². The second-order valence-electron chi connectivity index (χ2n) is 7.67. The van der Waals surface area contributed by atoms with E-state index >= 15 is 0 Å². The molecule has 0 saturated carbocycles. The maximum absolute atomic E-state index is 14.8. The minimum atomic E-state index is -4.30. The first-order valence-corrected chi connectivity index (χ1v) is 11.7. The maximum atomic E-state index is 14.8. The summed E-state index contributed by atoms with van der Waals surface area (Å²) in [5.41, 5.74) is 1.84. The Balaban J connectivity index is 1.96. The molecule has 3 aromatic carbocycles. The van der Waals surface area contributed by atoms with E-state index in [0.717, 1.165) is 5.56 Å². The van der Waals surface area contributed by atoms with Gasteiger partial charge in [0.1, 0.15) is 16.5 Å². The summed E-state index contributed by atoms with van der Waals surface area (Å²) in [4.78, 5) is 1.79. The molecule has 4 bridgehead atoms. The number of benzene rings is 3. The van der Waals surface area contributed by atoms with Crippen LogP contribution in [0.5, 0.6) is 5.75 Å². The van der Waals surface area contributed by atoms with Gasteiger partial charge >= 0.3 is 0 Å². The lowest BCUT2D eigenvalue weighted by Crippen LogP contribution is -2.22. The van der Waals surface area contributed by atoms with Crippen LogP contribution in [0.2, 0.25) is 5.02 Å². The number of nitrogens with one attached hydrogen (secondary N) is 1. The average molecular weight is 479 g/mol. The third-order valence-electron chi connectivity index (χ3n) is 5.39. The van der Waals surface area contributed by atoms with E-state index in [1.807, 2.05) is 24.1 Å². The molecular weight excluding hydrogens is 458 g/mol. The summed E-state index contributed by atoms with van der Waals surface area (Å²) < 4.78 is 63.3. The van der Waals surface area contributed by atoms with Gasteiger partial charge in [0, 0.05) is 24.7 Å². The topological polar surface area (TPSA) is 58.6 Å². The number of fused-ring (bicyclic) bond motifs is 6. The highest BCUT2D eigenvalue weighted by Gasteiger charge is 2.26. The zero-order valence-electron chi connectivity index (χ0n) is 17.5. The predicted octanol–water partition coefficient (Wildman–Crippen LogP) is 5.08. The third kappa shape index (κ3) is 4.30. The van der Waals surface area contributed by atoms with Gasteiger partial charge in [-0.15, -0.1) is 0 Å². The van der Waals surface area contributed by atoms with Crippen molar-refractivity contribution in [3.8, 4) is 16.9 Å². The van der Waals surface area contributed by atoms with Crippen molar-refractivity contribution in [2.75, 3.05) is 25.4 Å². The second-order valence-corrected chi connectivity index (χ2v) is 9.73. The molecule has 0 amide bonds. The van der Waals surface area contributed by atoms with E-state index in [1.165, 1.54) is 19.2 Å². The van der Waals surface area contributed by atoms with Crippen molar-refractivity contribution in [1.29, 1.82) is 0 Å². The van der Waals surface area contributed by atoms with Crippen molar-refractivity contribution in [2.24, 2.45) is 0 Å². The Morgan fingerprint density at radius 3 is 2.56 bits per heavy atom. The van der Waals surface area contributed by atoms with Crippen molar-refractivity contribution >= 4 is 27.3 Å². The Kier molecular flexibility index (Phi) is 6.11. The number of ether oxygens (including phenoxy) is 1. The first-order valence-electron chi connectivity index (χ1n) is 9.84. The quantitative estimate of drug-likeness (QED) is 0.529. The molecular formula is C23H21ClF2N2O3S. The molecule has 1 N–H and O–H groups in total. The van der Waals surface area contributed by atoms with Crippen LogP contribution in [0, 0.1) is 11.6 Å². The molecule has 3 aromatic rings. The van der Waals surface area contributed by atoms with Crippen LogP contribution in [0.3, 0.4) is 0 Å². The van der Waals surface area contributed by atoms with Gasteiger partial charge in [0.2, 0.25) is 0 Å². The molecule has 5 nitrogen and oxygen atoms in total. The van der Waals surface area contributed by atoms with Gasteiger partial charge in [-0.2, -0.15) is 0 Å². The monoisotopic (exact) mass is 478 g/mol. The van der Waals surface area contributed by atoms with Crippen LogP contribution in [0.1, 0.15) is 11.1 Å². The van der Waals surface area contributed by atoms with E-state index in [9.17, 15) is 17.2 Å². The fourth-order valence-electron chi connectivity index (χ4n) is 3.85. The van der Waals surface area contributed by atoms with E-state index in [-0.39, 0.29) is 26.9 Å². The number of rotatable bonds is 1. The van der Waals surface area contributed by atoms with Crippen molar-refractivity contribution < 1.29 is 21.9 Å². The smallest absolute Gasteiger partial charge is 0.265 e. The number of halogens is 3. The molecule has 0 aliphatic carbocycles. The van der Waals surface area contributed by atoms with E-state index < -0.39 is 21.7 Å². The lowest BCUT2D eigenvalue weighted by atomic mass is 9.96. The summed E-state index contributed by atoms with van der Waals surface area (Å²) in [5, 5.41) is 0.122. The zero-order chi connectivity index (χ0) is 23.0. The molecule has 32 heavy (non-hydrogen) atoms. The minimum absolute atomic E-state index is 0.0502. The van der Waals surface area contributed by atoms with Crippen LogP contribution in [-0.2, 0) is 23.0 Å². The van der Waals surface area contributed by atoms with Crippen LogP contribution < -0.4 is 9.46 Å². The number of likely N-dealkylation sites (N-methyl/N-ethyl adjacent to an activating group) is 1. The molecule has 0 atom stereocenters. The van der Waals surface area contributed by atoms with E-state index in [4.69, 9.17) is 16.3 Å². The Bertz CT molecular complexity index is 1300. The highest BCUT2D eigenvalue weighted by atomic mass is 35.5. The van der Waals surface area contributed by atoms with Gasteiger partial charge in [0.25, 0.3) is 10.0 Å². The highest BCUT2D eigenvalue weighted by molar-refractivity contribution is 7.92. The first kappa shape index (κ1) is 22.5. The zero-order valence-corrected chi connectivity index (χ0v) is 19.0. The Hall–Kier alpha value is -2.68. The summed E-state index contributed by atoms with van der Waals surface area (Å²) >= 11 is 6.30. The lowest BCUT2D eigenvalue weighted by molar-refractivity contribution is 0.330. The molecule has 0 radical (unpaired) electrons. The minimum Gasteiger partial charge on any atom is -0.494 e. The number of nitrogens with zero attached hydrogens (tertiary/aromatic N) is 1.